The molecule has 2 aromatic heterocycles. The van der Waals surface area contributed by atoms with E-state index >= 15 is 0 Å². The Balaban J connectivity index is 2.22. The summed E-state index contributed by atoms with van der Waals surface area (Å²) in [6.45, 7) is 0. The Morgan fingerprint density at radius 2 is 2.22 bits per heavy atom. The van der Waals surface area contributed by atoms with Crippen molar-refractivity contribution in [3.63, 3.8) is 0 Å². The highest BCUT2D eigenvalue weighted by atomic mass is 35.5. The predicted molar refractivity (Wildman–Crippen MR) is 71.4 cm³/mol. The van der Waals surface area contributed by atoms with Crippen molar-refractivity contribution < 1.29 is 4.79 Å². The van der Waals surface area contributed by atoms with Gasteiger partial charge in [-0.1, -0.05) is 11.3 Å². The van der Waals surface area contributed by atoms with Crippen molar-refractivity contribution in [3.8, 4) is 0 Å². The summed E-state index contributed by atoms with van der Waals surface area (Å²) in [4.78, 5) is 17.9. The number of aromatic nitrogens is 3. The van der Waals surface area contributed by atoms with Gasteiger partial charge in [0, 0.05) is 20.3 Å². The summed E-state index contributed by atoms with van der Waals surface area (Å²) < 4.78 is 0.235. The molecule has 0 aliphatic heterocycles. The lowest BCUT2D eigenvalue weighted by Crippen LogP contribution is -2.17. The van der Waals surface area contributed by atoms with Gasteiger partial charge in [-0.25, -0.2) is 4.98 Å². The normalized spacial score (nSPS) is 10.2. The zero-order chi connectivity index (χ0) is 13.1. The van der Waals surface area contributed by atoms with E-state index in [1.165, 1.54) is 0 Å². The lowest BCUT2D eigenvalue weighted by Gasteiger charge is -2.15. The van der Waals surface area contributed by atoms with E-state index in [1.54, 1.807) is 18.3 Å². The Morgan fingerprint density at radius 3 is 2.83 bits per heavy atom. The number of anilines is 2. The largest absolute Gasteiger partial charge is 0.361 e. The van der Waals surface area contributed by atoms with Crippen LogP contribution in [0, 0.1) is 0 Å². The van der Waals surface area contributed by atoms with Crippen molar-refractivity contribution in [2.24, 2.45) is 0 Å². The van der Waals surface area contributed by atoms with Crippen LogP contribution in [0.15, 0.2) is 18.3 Å². The second kappa shape index (κ2) is 5.28. The lowest BCUT2D eigenvalue weighted by molar-refractivity contribution is 0.102. The molecule has 0 saturated carbocycles. The average molecular weight is 284 g/mol. The standard InChI is InChI=1S/C10H10ClN5OS/c1-16(2)7-6(4-3-5-12-7)13-8(17)9-14-15-10(11)18-9/h3-5H,1-2H3,(H,13,17). The van der Waals surface area contributed by atoms with Gasteiger partial charge in [0.15, 0.2) is 5.82 Å². The number of halogens is 1. The number of nitrogens with one attached hydrogen (secondary N) is 1. The molecule has 8 heteroatoms. The van der Waals surface area contributed by atoms with Gasteiger partial charge in [-0.3, -0.25) is 4.79 Å². The molecule has 2 aromatic rings. The van der Waals surface area contributed by atoms with Crippen LogP contribution in [-0.4, -0.2) is 35.2 Å². The number of hydrogen-bond acceptors (Lipinski definition) is 6. The molecule has 0 fully saturated rings. The first-order chi connectivity index (χ1) is 8.58. The molecule has 1 amide bonds. The van der Waals surface area contributed by atoms with E-state index in [0.29, 0.717) is 11.5 Å². The van der Waals surface area contributed by atoms with Gasteiger partial charge in [0.2, 0.25) is 9.47 Å². The maximum atomic E-state index is 11.9. The van der Waals surface area contributed by atoms with Crippen molar-refractivity contribution in [2.45, 2.75) is 0 Å². The highest BCUT2D eigenvalue weighted by Gasteiger charge is 2.14. The molecule has 0 radical (unpaired) electrons. The van der Waals surface area contributed by atoms with Gasteiger partial charge in [-0.15, -0.1) is 10.2 Å². The fourth-order valence-electron chi connectivity index (χ4n) is 1.32. The second-order valence-electron chi connectivity index (χ2n) is 3.58. The van der Waals surface area contributed by atoms with Crippen LogP contribution in [0.1, 0.15) is 9.80 Å². The molecule has 0 bridgehead atoms. The third-order valence-corrected chi connectivity index (χ3v) is 3.07. The average Bonchev–Trinajstić information content (AvgIpc) is 2.76. The first-order valence-electron chi connectivity index (χ1n) is 5.00. The molecule has 18 heavy (non-hydrogen) atoms. The van der Waals surface area contributed by atoms with Crippen LogP contribution < -0.4 is 10.2 Å². The monoisotopic (exact) mass is 283 g/mol. The number of nitrogens with zero attached hydrogens (tertiary/aromatic N) is 4. The summed E-state index contributed by atoms with van der Waals surface area (Å²) in [5.41, 5.74) is 0.610. The van der Waals surface area contributed by atoms with Gasteiger partial charge >= 0.3 is 0 Å². The molecule has 2 heterocycles. The quantitative estimate of drug-likeness (QED) is 0.932. The number of pyridine rings is 1. The molecule has 0 saturated heterocycles. The Labute approximate surface area is 113 Å². The number of hydrogen-bond donors (Lipinski definition) is 1. The second-order valence-corrected chi connectivity index (χ2v) is 5.14. The van der Waals surface area contributed by atoms with Gasteiger partial charge in [-0.05, 0) is 23.7 Å². The molecular weight excluding hydrogens is 274 g/mol. The third kappa shape index (κ3) is 2.74. The topological polar surface area (TPSA) is 71.0 Å². The van der Waals surface area contributed by atoms with E-state index in [-0.39, 0.29) is 15.4 Å². The van der Waals surface area contributed by atoms with Crippen LogP contribution in [0.5, 0.6) is 0 Å². The molecule has 0 atom stereocenters. The molecule has 6 nitrogen and oxygen atoms in total. The van der Waals surface area contributed by atoms with E-state index in [2.05, 4.69) is 20.5 Å². The maximum absolute atomic E-state index is 11.9. The zero-order valence-corrected chi connectivity index (χ0v) is 11.3. The first kappa shape index (κ1) is 12.7. The van der Waals surface area contributed by atoms with Gasteiger partial charge < -0.3 is 10.2 Å². The van der Waals surface area contributed by atoms with E-state index in [4.69, 9.17) is 11.6 Å². The third-order valence-electron chi connectivity index (χ3n) is 2.05. The van der Waals surface area contributed by atoms with Gasteiger partial charge in [0.25, 0.3) is 5.91 Å². The van der Waals surface area contributed by atoms with Crippen LogP contribution in [0.25, 0.3) is 0 Å². The van der Waals surface area contributed by atoms with E-state index < -0.39 is 0 Å². The SMILES string of the molecule is CN(C)c1ncccc1NC(=O)c1nnc(Cl)s1. The molecule has 0 aromatic carbocycles. The summed E-state index contributed by atoms with van der Waals surface area (Å²) in [5, 5.41) is 10.2. The summed E-state index contributed by atoms with van der Waals surface area (Å²) in [6, 6.07) is 3.51. The van der Waals surface area contributed by atoms with Gasteiger partial charge in [0.05, 0.1) is 5.69 Å². The summed E-state index contributed by atoms with van der Waals surface area (Å²) in [7, 11) is 3.69. The molecule has 0 unspecified atom stereocenters. The highest BCUT2D eigenvalue weighted by molar-refractivity contribution is 7.17. The van der Waals surface area contributed by atoms with Crippen LogP contribution in [0.4, 0.5) is 11.5 Å². The minimum Gasteiger partial charge on any atom is -0.361 e. The van der Waals surface area contributed by atoms with Crippen LogP contribution >= 0.6 is 22.9 Å². The summed E-state index contributed by atoms with van der Waals surface area (Å²) in [6.07, 6.45) is 1.66. The summed E-state index contributed by atoms with van der Waals surface area (Å²) in [5.74, 6) is 0.317. The number of carbonyl (C=O) groups excluding carboxylic acids is 1. The molecule has 0 aliphatic rings. The minimum atomic E-state index is -0.351. The molecular formula is C10H10ClN5OS. The number of carbonyl (C=O) groups is 1. The Kier molecular flexibility index (Phi) is 3.73. The van der Waals surface area contributed by atoms with Crippen molar-refractivity contribution in [2.75, 3.05) is 24.3 Å². The Bertz CT molecular complexity index is 571. The summed E-state index contributed by atoms with van der Waals surface area (Å²) >= 11 is 6.66. The zero-order valence-electron chi connectivity index (χ0n) is 9.72. The number of rotatable bonds is 3. The Hall–Kier alpha value is -1.73. The van der Waals surface area contributed by atoms with Crippen LogP contribution in [-0.2, 0) is 0 Å². The van der Waals surface area contributed by atoms with E-state index in [1.807, 2.05) is 19.0 Å². The van der Waals surface area contributed by atoms with E-state index in [9.17, 15) is 4.79 Å². The van der Waals surface area contributed by atoms with Crippen molar-refractivity contribution in [1.82, 2.24) is 15.2 Å². The molecule has 0 spiro atoms. The van der Waals surface area contributed by atoms with Crippen molar-refractivity contribution >= 4 is 40.4 Å². The molecule has 0 aliphatic carbocycles. The van der Waals surface area contributed by atoms with Gasteiger partial charge in [-0.2, -0.15) is 0 Å². The van der Waals surface area contributed by atoms with Crippen LogP contribution in [0.3, 0.4) is 0 Å². The van der Waals surface area contributed by atoms with Crippen molar-refractivity contribution in [3.05, 3.63) is 27.8 Å². The van der Waals surface area contributed by atoms with Gasteiger partial charge in [0.1, 0.15) is 0 Å². The van der Waals surface area contributed by atoms with E-state index in [0.717, 1.165) is 11.3 Å². The first-order valence-corrected chi connectivity index (χ1v) is 6.20. The Morgan fingerprint density at radius 1 is 1.44 bits per heavy atom. The molecule has 1 N–H and O–H groups in total. The highest BCUT2D eigenvalue weighted by Crippen LogP contribution is 2.22. The molecule has 94 valence electrons. The predicted octanol–water partition coefficient (Wildman–Crippen LogP) is 1.90. The fraction of sp³-hybridized carbons (Fsp3) is 0.200. The smallest absolute Gasteiger partial charge is 0.286 e. The minimum absolute atomic E-state index is 0.216. The number of amides is 1. The van der Waals surface area contributed by atoms with Crippen LogP contribution in [0.2, 0.25) is 4.47 Å². The lowest BCUT2D eigenvalue weighted by atomic mass is 10.3. The van der Waals surface area contributed by atoms with Crippen molar-refractivity contribution in [1.29, 1.82) is 0 Å². The maximum Gasteiger partial charge on any atom is 0.286 e. The fourth-order valence-corrected chi connectivity index (χ4v) is 2.05. The molecule has 2 rings (SSSR count).